The molecular weight excluding hydrogens is 387 g/mol. The van der Waals surface area contributed by atoms with Crippen LogP contribution >= 0.6 is 0 Å². The predicted octanol–water partition coefficient (Wildman–Crippen LogP) is 3.33. The molecule has 2 aromatic rings. The molecule has 3 rings (SSSR count). The summed E-state index contributed by atoms with van der Waals surface area (Å²) in [7, 11) is 0. The minimum atomic E-state index is -4.50. The molecule has 0 bridgehead atoms. The molecule has 0 spiro atoms. The molecule has 0 radical (unpaired) electrons. The summed E-state index contributed by atoms with van der Waals surface area (Å²) < 4.78 is 44.4. The minimum absolute atomic E-state index is 0.00935. The smallest absolute Gasteiger partial charge is 0.361 e. The second kappa shape index (κ2) is 8.26. The SMILES string of the molecule is Cc1noc(C)c1CC(=O)NC(CN1CCCC1=O)c1cccc(C(F)(F)F)c1. The van der Waals surface area contributed by atoms with Crippen LogP contribution < -0.4 is 5.32 Å². The van der Waals surface area contributed by atoms with Crippen molar-refractivity contribution in [2.75, 3.05) is 13.1 Å². The summed E-state index contributed by atoms with van der Waals surface area (Å²) in [4.78, 5) is 26.2. The van der Waals surface area contributed by atoms with Crippen LogP contribution in [-0.4, -0.2) is 35.0 Å². The van der Waals surface area contributed by atoms with Gasteiger partial charge in [0.05, 0.1) is 23.7 Å². The van der Waals surface area contributed by atoms with Crippen molar-refractivity contribution in [2.24, 2.45) is 0 Å². The van der Waals surface area contributed by atoms with Gasteiger partial charge in [-0.15, -0.1) is 0 Å². The summed E-state index contributed by atoms with van der Waals surface area (Å²) in [6, 6.07) is 4.07. The maximum absolute atomic E-state index is 13.1. The van der Waals surface area contributed by atoms with E-state index in [0.717, 1.165) is 12.1 Å². The average Bonchev–Trinajstić information content (AvgIpc) is 3.20. The lowest BCUT2D eigenvalue weighted by atomic mass is 10.0. The fourth-order valence-corrected chi connectivity index (χ4v) is 3.44. The Balaban J connectivity index is 1.83. The molecular formula is C20H22F3N3O3. The van der Waals surface area contributed by atoms with Gasteiger partial charge >= 0.3 is 6.18 Å². The van der Waals surface area contributed by atoms with Crippen molar-refractivity contribution in [1.82, 2.24) is 15.4 Å². The van der Waals surface area contributed by atoms with Crippen molar-refractivity contribution in [2.45, 2.75) is 45.3 Å². The predicted molar refractivity (Wildman–Crippen MR) is 97.8 cm³/mol. The molecule has 1 aliphatic rings. The molecule has 1 atom stereocenters. The third-order valence-electron chi connectivity index (χ3n) is 5.04. The standard InChI is InChI=1S/C20H22F3N3O3/c1-12-16(13(2)29-25-12)10-18(27)24-17(11-26-8-4-7-19(26)28)14-5-3-6-15(9-14)20(21,22)23/h3,5-6,9,17H,4,7-8,10-11H2,1-2H3,(H,24,27). The minimum Gasteiger partial charge on any atom is -0.361 e. The third-order valence-corrected chi connectivity index (χ3v) is 5.04. The van der Waals surface area contributed by atoms with Crippen molar-refractivity contribution >= 4 is 11.8 Å². The number of hydrogen-bond donors (Lipinski definition) is 1. The molecule has 1 aliphatic heterocycles. The number of nitrogens with one attached hydrogen (secondary N) is 1. The number of aromatic nitrogens is 1. The highest BCUT2D eigenvalue weighted by Gasteiger charge is 2.32. The second-order valence-electron chi connectivity index (χ2n) is 7.17. The zero-order chi connectivity index (χ0) is 21.2. The van der Waals surface area contributed by atoms with E-state index in [4.69, 9.17) is 4.52 Å². The summed E-state index contributed by atoms with van der Waals surface area (Å²) in [6.07, 6.45) is -3.40. The summed E-state index contributed by atoms with van der Waals surface area (Å²) in [5, 5.41) is 6.59. The van der Waals surface area contributed by atoms with Gasteiger partial charge in [-0.05, 0) is 38.0 Å². The molecule has 1 aromatic heterocycles. The Hall–Kier alpha value is -2.84. The maximum atomic E-state index is 13.1. The lowest BCUT2D eigenvalue weighted by molar-refractivity contribution is -0.137. The van der Waals surface area contributed by atoms with Gasteiger partial charge in [0.2, 0.25) is 11.8 Å². The normalized spacial score (nSPS) is 15.6. The highest BCUT2D eigenvalue weighted by atomic mass is 19.4. The van der Waals surface area contributed by atoms with Gasteiger partial charge < -0.3 is 14.7 Å². The van der Waals surface area contributed by atoms with Crippen LogP contribution in [0.1, 0.15) is 47.0 Å². The topological polar surface area (TPSA) is 75.4 Å². The molecule has 2 heterocycles. The van der Waals surface area contributed by atoms with Crippen LogP contribution in [0.3, 0.4) is 0 Å². The van der Waals surface area contributed by atoms with Gasteiger partial charge in [-0.1, -0.05) is 17.3 Å². The van der Waals surface area contributed by atoms with Crippen LogP contribution in [0.5, 0.6) is 0 Å². The van der Waals surface area contributed by atoms with Gasteiger partial charge in [0.1, 0.15) is 5.76 Å². The Morgan fingerprint density at radius 2 is 2.10 bits per heavy atom. The number of carbonyl (C=O) groups excluding carboxylic acids is 2. The quantitative estimate of drug-likeness (QED) is 0.794. The molecule has 2 amide bonds. The summed E-state index contributed by atoms with van der Waals surface area (Å²) >= 11 is 0. The number of rotatable bonds is 6. The van der Waals surface area contributed by atoms with Crippen molar-refractivity contribution in [1.29, 1.82) is 0 Å². The number of carbonyl (C=O) groups is 2. The van der Waals surface area contributed by atoms with E-state index in [9.17, 15) is 22.8 Å². The molecule has 1 unspecified atom stereocenters. The zero-order valence-corrected chi connectivity index (χ0v) is 16.2. The molecule has 29 heavy (non-hydrogen) atoms. The molecule has 1 N–H and O–H groups in total. The first-order valence-corrected chi connectivity index (χ1v) is 9.31. The number of amides is 2. The Labute approximate surface area is 166 Å². The number of likely N-dealkylation sites (tertiary alicyclic amines) is 1. The van der Waals surface area contributed by atoms with Gasteiger partial charge in [0, 0.05) is 25.1 Å². The van der Waals surface area contributed by atoms with Crippen LogP contribution in [0.4, 0.5) is 13.2 Å². The monoisotopic (exact) mass is 409 g/mol. The van der Waals surface area contributed by atoms with Crippen molar-refractivity contribution in [3.05, 3.63) is 52.4 Å². The molecule has 0 saturated carbocycles. The van der Waals surface area contributed by atoms with Crippen LogP contribution in [0.15, 0.2) is 28.8 Å². The first-order valence-electron chi connectivity index (χ1n) is 9.31. The van der Waals surface area contributed by atoms with E-state index >= 15 is 0 Å². The fourth-order valence-electron chi connectivity index (χ4n) is 3.44. The molecule has 9 heteroatoms. The molecule has 1 aromatic carbocycles. The molecule has 1 saturated heterocycles. The van der Waals surface area contributed by atoms with E-state index in [0.29, 0.717) is 42.0 Å². The fraction of sp³-hybridized carbons (Fsp3) is 0.450. The highest BCUT2D eigenvalue weighted by molar-refractivity contribution is 5.80. The third kappa shape index (κ3) is 4.96. The number of hydrogen-bond acceptors (Lipinski definition) is 4. The van der Waals surface area contributed by atoms with E-state index in [1.807, 2.05) is 0 Å². The highest BCUT2D eigenvalue weighted by Crippen LogP contribution is 2.31. The Morgan fingerprint density at radius 1 is 1.34 bits per heavy atom. The Bertz CT molecular complexity index is 888. The number of nitrogens with zero attached hydrogens (tertiary/aromatic N) is 2. The molecule has 0 aliphatic carbocycles. The van der Waals surface area contributed by atoms with Crippen LogP contribution in [-0.2, 0) is 22.2 Å². The van der Waals surface area contributed by atoms with Crippen LogP contribution in [0, 0.1) is 13.8 Å². The first kappa shape index (κ1) is 20.9. The van der Waals surface area contributed by atoms with Gasteiger partial charge in [0.15, 0.2) is 0 Å². The van der Waals surface area contributed by atoms with Crippen LogP contribution in [0.2, 0.25) is 0 Å². The van der Waals surface area contributed by atoms with Gasteiger partial charge in [-0.25, -0.2) is 0 Å². The van der Waals surface area contributed by atoms with E-state index in [1.165, 1.54) is 12.1 Å². The van der Waals surface area contributed by atoms with Crippen molar-refractivity contribution in [3.63, 3.8) is 0 Å². The molecule has 156 valence electrons. The number of alkyl halides is 3. The maximum Gasteiger partial charge on any atom is 0.416 e. The number of halogens is 3. The van der Waals surface area contributed by atoms with Crippen LogP contribution in [0.25, 0.3) is 0 Å². The molecule has 6 nitrogen and oxygen atoms in total. The number of benzene rings is 1. The second-order valence-corrected chi connectivity index (χ2v) is 7.17. The number of aryl methyl sites for hydroxylation is 2. The van der Waals surface area contributed by atoms with Crippen molar-refractivity contribution in [3.8, 4) is 0 Å². The van der Waals surface area contributed by atoms with E-state index in [2.05, 4.69) is 10.5 Å². The summed E-state index contributed by atoms with van der Waals surface area (Å²) in [5.74, 6) is 0.0680. The molecule has 1 fully saturated rings. The first-order chi connectivity index (χ1) is 13.6. The lowest BCUT2D eigenvalue weighted by Crippen LogP contribution is -2.39. The van der Waals surface area contributed by atoms with Gasteiger partial charge in [-0.2, -0.15) is 13.2 Å². The lowest BCUT2D eigenvalue weighted by Gasteiger charge is -2.26. The largest absolute Gasteiger partial charge is 0.416 e. The van der Waals surface area contributed by atoms with E-state index < -0.39 is 17.8 Å². The van der Waals surface area contributed by atoms with E-state index in [-0.39, 0.29) is 24.8 Å². The summed E-state index contributed by atoms with van der Waals surface area (Å²) in [5.41, 5.74) is 0.727. The Kier molecular flexibility index (Phi) is 5.95. The van der Waals surface area contributed by atoms with Gasteiger partial charge in [-0.3, -0.25) is 9.59 Å². The summed E-state index contributed by atoms with van der Waals surface area (Å²) in [6.45, 7) is 4.05. The van der Waals surface area contributed by atoms with Crippen molar-refractivity contribution < 1.29 is 27.3 Å². The Morgan fingerprint density at radius 3 is 2.69 bits per heavy atom. The van der Waals surface area contributed by atoms with E-state index in [1.54, 1.807) is 18.7 Å². The average molecular weight is 409 g/mol. The van der Waals surface area contributed by atoms with Gasteiger partial charge in [0.25, 0.3) is 0 Å². The zero-order valence-electron chi connectivity index (χ0n) is 16.2.